The summed E-state index contributed by atoms with van der Waals surface area (Å²) in [6, 6.07) is 0. The van der Waals surface area contributed by atoms with E-state index < -0.39 is 11.2 Å². The number of aromatic amines is 1. The Labute approximate surface area is 80.4 Å². The molecule has 0 atom stereocenters. The highest BCUT2D eigenvalue weighted by molar-refractivity contribution is 5.93. The Morgan fingerprint density at radius 3 is 2.64 bits per heavy atom. The third kappa shape index (κ3) is 1.81. The molecule has 5 heteroatoms. The molecule has 14 heavy (non-hydrogen) atoms. The second-order valence-corrected chi connectivity index (χ2v) is 3.02. The van der Waals surface area contributed by atoms with Crippen molar-refractivity contribution in [3.8, 4) is 0 Å². The Kier molecular flexibility index (Phi) is 3.01. The van der Waals surface area contributed by atoms with Crippen LogP contribution < -0.4 is 11.2 Å². The van der Waals surface area contributed by atoms with Gasteiger partial charge in [0.1, 0.15) is 0 Å². The molecule has 0 aliphatic rings. The maximum absolute atomic E-state index is 11.5. The summed E-state index contributed by atoms with van der Waals surface area (Å²) >= 11 is 0. The fourth-order valence-corrected chi connectivity index (χ4v) is 1.19. The van der Waals surface area contributed by atoms with Gasteiger partial charge in [-0.1, -0.05) is 6.92 Å². The summed E-state index contributed by atoms with van der Waals surface area (Å²) in [7, 11) is 0. The summed E-state index contributed by atoms with van der Waals surface area (Å²) in [5.41, 5.74) is -0.956. The van der Waals surface area contributed by atoms with E-state index in [1.807, 2.05) is 6.92 Å². The van der Waals surface area contributed by atoms with Crippen LogP contribution in [0.3, 0.4) is 0 Å². The van der Waals surface area contributed by atoms with Crippen molar-refractivity contribution in [1.29, 1.82) is 0 Å². The lowest BCUT2D eigenvalue weighted by molar-refractivity contribution is 0.101. The monoisotopic (exact) mass is 196 g/mol. The second kappa shape index (κ2) is 4.04. The predicted molar refractivity (Wildman–Crippen MR) is 51.6 cm³/mol. The van der Waals surface area contributed by atoms with Gasteiger partial charge in [0, 0.05) is 12.7 Å². The Morgan fingerprint density at radius 2 is 2.14 bits per heavy atom. The van der Waals surface area contributed by atoms with Gasteiger partial charge in [-0.05, 0) is 13.3 Å². The summed E-state index contributed by atoms with van der Waals surface area (Å²) in [6.07, 6.45) is 1.84. The van der Waals surface area contributed by atoms with Crippen LogP contribution in [-0.2, 0) is 6.54 Å². The number of hydrogen-bond donors (Lipinski definition) is 1. The van der Waals surface area contributed by atoms with Crippen LogP contribution >= 0.6 is 0 Å². The molecule has 0 aliphatic heterocycles. The van der Waals surface area contributed by atoms with Crippen molar-refractivity contribution < 1.29 is 4.79 Å². The van der Waals surface area contributed by atoms with E-state index in [-0.39, 0.29) is 11.3 Å². The molecule has 1 aromatic rings. The van der Waals surface area contributed by atoms with E-state index in [2.05, 4.69) is 4.98 Å². The number of ketones is 1. The van der Waals surface area contributed by atoms with Crippen LogP contribution in [0.4, 0.5) is 0 Å². The Hall–Kier alpha value is -1.65. The zero-order chi connectivity index (χ0) is 10.7. The van der Waals surface area contributed by atoms with Gasteiger partial charge in [0.05, 0.1) is 5.56 Å². The molecule has 1 N–H and O–H groups in total. The fraction of sp³-hybridized carbons (Fsp3) is 0.444. The van der Waals surface area contributed by atoms with E-state index in [0.29, 0.717) is 13.0 Å². The minimum absolute atomic E-state index is 0.0260. The first kappa shape index (κ1) is 10.4. The zero-order valence-electron chi connectivity index (χ0n) is 8.16. The van der Waals surface area contributed by atoms with Crippen molar-refractivity contribution in [2.75, 3.05) is 0 Å². The van der Waals surface area contributed by atoms with Crippen molar-refractivity contribution >= 4 is 5.78 Å². The largest absolute Gasteiger partial charge is 0.328 e. The van der Waals surface area contributed by atoms with Crippen LogP contribution in [0, 0.1) is 0 Å². The first-order valence-electron chi connectivity index (χ1n) is 4.41. The Morgan fingerprint density at radius 1 is 1.50 bits per heavy atom. The predicted octanol–water partition coefficient (Wildman–Crippen LogP) is 0.149. The number of nitrogens with zero attached hydrogens (tertiary/aromatic N) is 1. The standard InChI is InChI=1S/C9H12N2O3/c1-3-4-11-8(13)7(6(2)12)5-10-9(11)14/h5H,3-4H2,1-2H3,(H,10,14). The quantitative estimate of drug-likeness (QED) is 0.699. The third-order valence-corrected chi connectivity index (χ3v) is 1.89. The molecular formula is C9H12N2O3. The highest BCUT2D eigenvalue weighted by Gasteiger charge is 2.09. The van der Waals surface area contributed by atoms with Gasteiger partial charge in [0.2, 0.25) is 0 Å². The topological polar surface area (TPSA) is 71.9 Å². The highest BCUT2D eigenvalue weighted by atomic mass is 16.2. The summed E-state index contributed by atoms with van der Waals surface area (Å²) in [4.78, 5) is 36.1. The molecule has 0 radical (unpaired) electrons. The lowest BCUT2D eigenvalue weighted by atomic mass is 10.2. The number of carbonyl (C=O) groups is 1. The van der Waals surface area contributed by atoms with Gasteiger partial charge in [0.15, 0.2) is 5.78 Å². The maximum atomic E-state index is 11.5. The third-order valence-electron chi connectivity index (χ3n) is 1.89. The van der Waals surface area contributed by atoms with Gasteiger partial charge >= 0.3 is 5.69 Å². The molecule has 0 amide bonds. The van der Waals surface area contributed by atoms with Gasteiger partial charge in [-0.3, -0.25) is 14.2 Å². The van der Waals surface area contributed by atoms with Crippen LogP contribution in [0.5, 0.6) is 0 Å². The average molecular weight is 196 g/mol. The lowest BCUT2D eigenvalue weighted by Crippen LogP contribution is -2.37. The van der Waals surface area contributed by atoms with Crippen molar-refractivity contribution in [2.24, 2.45) is 0 Å². The number of nitrogens with one attached hydrogen (secondary N) is 1. The minimum atomic E-state index is -0.511. The minimum Gasteiger partial charge on any atom is -0.313 e. The molecule has 1 heterocycles. The van der Waals surface area contributed by atoms with Crippen LogP contribution in [0.25, 0.3) is 0 Å². The number of carbonyl (C=O) groups excluding carboxylic acids is 1. The molecule has 0 fully saturated rings. The summed E-state index contributed by atoms with van der Waals surface area (Å²) in [6.45, 7) is 3.48. The number of aromatic nitrogens is 2. The van der Waals surface area contributed by atoms with Crippen molar-refractivity contribution in [3.63, 3.8) is 0 Å². The van der Waals surface area contributed by atoms with Crippen LogP contribution in [-0.4, -0.2) is 15.3 Å². The van der Waals surface area contributed by atoms with Crippen LogP contribution in [0.15, 0.2) is 15.8 Å². The molecule has 0 bridgehead atoms. The number of Topliss-reactive ketones (excluding diaryl/α,β-unsaturated/α-hetero) is 1. The Bertz CT molecular complexity index is 456. The molecule has 0 spiro atoms. The Balaban J connectivity index is 3.42. The molecule has 0 unspecified atom stereocenters. The SMILES string of the molecule is CCCn1c(=O)[nH]cc(C(C)=O)c1=O. The zero-order valence-corrected chi connectivity index (χ0v) is 8.16. The summed E-state index contributed by atoms with van der Waals surface area (Å²) in [5, 5.41) is 0. The van der Waals surface area contributed by atoms with Crippen LogP contribution in [0.1, 0.15) is 30.6 Å². The average Bonchev–Trinajstić information content (AvgIpc) is 2.11. The summed E-state index contributed by atoms with van der Waals surface area (Å²) < 4.78 is 1.04. The number of H-pyrrole nitrogens is 1. The number of rotatable bonds is 3. The molecule has 0 saturated carbocycles. The van der Waals surface area contributed by atoms with Gasteiger partial charge in [-0.25, -0.2) is 4.79 Å². The van der Waals surface area contributed by atoms with Gasteiger partial charge in [0.25, 0.3) is 5.56 Å². The van der Waals surface area contributed by atoms with Crippen LogP contribution in [0.2, 0.25) is 0 Å². The van der Waals surface area contributed by atoms with E-state index in [9.17, 15) is 14.4 Å². The van der Waals surface area contributed by atoms with E-state index in [0.717, 1.165) is 4.57 Å². The van der Waals surface area contributed by atoms with E-state index in [4.69, 9.17) is 0 Å². The molecular weight excluding hydrogens is 184 g/mol. The molecule has 1 rings (SSSR count). The molecule has 0 aliphatic carbocycles. The summed E-state index contributed by atoms with van der Waals surface area (Å²) in [5.74, 6) is -0.337. The van der Waals surface area contributed by atoms with Gasteiger partial charge < -0.3 is 4.98 Å². The van der Waals surface area contributed by atoms with Gasteiger partial charge in [-0.15, -0.1) is 0 Å². The fourth-order valence-electron chi connectivity index (χ4n) is 1.19. The second-order valence-electron chi connectivity index (χ2n) is 3.02. The van der Waals surface area contributed by atoms with E-state index in [1.54, 1.807) is 0 Å². The lowest BCUT2D eigenvalue weighted by Gasteiger charge is -2.02. The number of hydrogen-bond acceptors (Lipinski definition) is 3. The van der Waals surface area contributed by atoms with E-state index in [1.165, 1.54) is 13.1 Å². The van der Waals surface area contributed by atoms with Crippen molar-refractivity contribution in [1.82, 2.24) is 9.55 Å². The van der Waals surface area contributed by atoms with E-state index >= 15 is 0 Å². The normalized spacial score (nSPS) is 10.1. The smallest absolute Gasteiger partial charge is 0.313 e. The molecule has 0 saturated heterocycles. The molecule has 0 aromatic carbocycles. The maximum Gasteiger partial charge on any atom is 0.328 e. The van der Waals surface area contributed by atoms with Crippen molar-refractivity contribution in [3.05, 3.63) is 32.6 Å². The first-order valence-corrected chi connectivity index (χ1v) is 4.41. The van der Waals surface area contributed by atoms with Crippen molar-refractivity contribution in [2.45, 2.75) is 26.8 Å². The highest BCUT2D eigenvalue weighted by Crippen LogP contribution is 1.88. The van der Waals surface area contributed by atoms with Gasteiger partial charge in [-0.2, -0.15) is 0 Å². The molecule has 5 nitrogen and oxygen atoms in total. The molecule has 1 aromatic heterocycles. The first-order chi connectivity index (χ1) is 6.57. The molecule has 76 valence electrons.